The van der Waals surface area contributed by atoms with Crippen LogP contribution in [0.3, 0.4) is 0 Å². The van der Waals surface area contributed by atoms with Gasteiger partial charge in [-0.2, -0.15) is 0 Å². The number of aliphatic hydroxyl groups is 1. The summed E-state index contributed by atoms with van der Waals surface area (Å²) in [5.41, 5.74) is 1.16. The smallest absolute Gasteiger partial charge is 0.295 e. The number of Topliss-reactive ketones (excluding diaryl/α,β-unsaturated/α-hetero) is 1. The minimum Gasteiger partial charge on any atom is -0.507 e. The van der Waals surface area contributed by atoms with Crippen molar-refractivity contribution in [1.29, 1.82) is 0 Å². The third-order valence-corrected chi connectivity index (χ3v) is 6.27. The number of unbranched alkanes of at least 4 members (excludes halogenated alkanes) is 1. The van der Waals surface area contributed by atoms with E-state index in [4.69, 9.17) is 14.2 Å². The van der Waals surface area contributed by atoms with Gasteiger partial charge in [0, 0.05) is 18.7 Å². The first kappa shape index (κ1) is 29.0. The van der Waals surface area contributed by atoms with Gasteiger partial charge >= 0.3 is 0 Å². The molecule has 1 N–H and O–H groups in total. The highest BCUT2D eigenvalue weighted by atomic mass is 16.5. The maximum Gasteiger partial charge on any atom is 0.295 e. The molecule has 0 bridgehead atoms. The van der Waals surface area contributed by atoms with Crippen LogP contribution in [-0.4, -0.2) is 73.6 Å². The third kappa shape index (κ3) is 6.86. The highest BCUT2D eigenvalue weighted by Gasteiger charge is 2.46. The normalized spacial score (nSPS) is 16.8. The molecule has 0 aliphatic carbocycles. The Morgan fingerprint density at radius 2 is 1.66 bits per heavy atom. The highest BCUT2D eigenvalue weighted by molar-refractivity contribution is 6.46. The van der Waals surface area contributed by atoms with E-state index in [9.17, 15) is 14.7 Å². The Kier molecular flexibility index (Phi) is 10.6. The van der Waals surface area contributed by atoms with E-state index in [-0.39, 0.29) is 11.3 Å². The molecule has 8 nitrogen and oxygen atoms in total. The van der Waals surface area contributed by atoms with E-state index in [0.717, 1.165) is 19.3 Å². The van der Waals surface area contributed by atoms with Crippen LogP contribution in [0, 0.1) is 0 Å². The molecule has 1 aliphatic heterocycles. The average molecular weight is 525 g/mol. The van der Waals surface area contributed by atoms with Gasteiger partial charge in [-0.25, -0.2) is 0 Å². The van der Waals surface area contributed by atoms with Crippen LogP contribution in [0.1, 0.15) is 57.2 Å². The number of likely N-dealkylation sites (N-methyl/N-ethyl adjacent to an activating group) is 1. The maximum atomic E-state index is 13.3. The molecule has 1 unspecified atom stereocenters. The van der Waals surface area contributed by atoms with Crippen LogP contribution in [0.4, 0.5) is 0 Å². The molecule has 1 atom stereocenters. The summed E-state index contributed by atoms with van der Waals surface area (Å²) in [6.07, 6.45) is 2.80. The number of benzene rings is 2. The van der Waals surface area contributed by atoms with Crippen molar-refractivity contribution in [2.45, 2.75) is 46.1 Å². The van der Waals surface area contributed by atoms with Crippen molar-refractivity contribution < 1.29 is 28.9 Å². The van der Waals surface area contributed by atoms with Crippen LogP contribution in [0.2, 0.25) is 0 Å². The fourth-order valence-electron chi connectivity index (χ4n) is 4.26. The number of nitrogens with zero attached hydrogens (tertiary/aromatic N) is 2. The van der Waals surface area contributed by atoms with Crippen molar-refractivity contribution in [1.82, 2.24) is 9.80 Å². The molecule has 1 aliphatic rings. The molecule has 206 valence electrons. The summed E-state index contributed by atoms with van der Waals surface area (Å²) in [7, 11) is 3.81. The quantitative estimate of drug-likeness (QED) is 0.160. The van der Waals surface area contributed by atoms with E-state index in [1.165, 1.54) is 4.90 Å². The number of amides is 1. The molecule has 8 heteroatoms. The predicted molar refractivity (Wildman–Crippen MR) is 148 cm³/mol. The van der Waals surface area contributed by atoms with Crippen LogP contribution in [-0.2, 0) is 9.59 Å². The molecule has 1 saturated heterocycles. The first-order chi connectivity index (χ1) is 18.3. The van der Waals surface area contributed by atoms with Crippen molar-refractivity contribution in [3.63, 3.8) is 0 Å². The zero-order valence-corrected chi connectivity index (χ0v) is 23.2. The predicted octanol–water partition coefficient (Wildman–Crippen LogP) is 5.04. The molecule has 0 radical (unpaired) electrons. The molecule has 0 aromatic heterocycles. The molecular weight excluding hydrogens is 484 g/mol. The number of hydrogen-bond acceptors (Lipinski definition) is 7. The molecule has 1 amide bonds. The van der Waals surface area contributed by atoms with Crippen molar-refractivity contribution in [3.8, 4) is 17.2 Å². The molecular formula is C30H40N2O6. The average Bonchev–Trinajstić information content (AvgIpc) is 3.16. The number of hydrogen-bond donors (Lipinski definition) is 1. The van der Waals surface area contributed by atoms with E-state index in [1.807, 2.05) is 45.0 Å². The molecule has 0 saturated carbocycles. The van der Waals surface area contributed by atoms with E-state index >= 15 is 0 Å². The Labute approximate surface area is 225 Å². The van der Waals surface area contributed by atoms with Crippen LogP contribution in [0.5, 0.6) is 17.2 Å². The first-order valence-corrected chi connectivity index (χ1v) is 13.4. The fraction of sp³-hybridized carbons (Fsp3) is 0.467. The number of carbonyl (C=O) groups is 2. The lowest BCUT2D eigenvalue weighted by molar-refractivity contribution is -0.140. The number of ether oxygens (including phenoxy) is 3. The second-order valence-corrected chi connectivity index (χ2v) is 9.51. The van der Waals surface area contributed by atoms with Crippen LogP contribution >= 0.6 is 0 Å². The van der Waals surface area contributed by atoms with Gasteiger partial charge < -0.3 is 29.1 Å². The number of carbonyl (C=O) groups excluding carboxylic acids is 2. The number of aliphatic hydroxyl groups excluding tert-OH is 1. The molecule has 3 rings (SSSR count). The van der Waals surface area contributed by atoms with Gasteiger partial charge in [0.05, 0.1) is 31.4 Å². The summed E-state index contributed by atoms with van der Waals surface area (Å²) in [6, 6.07) is 11.6. The highest BCUT2D eigenvalue weighted by Crippen LogP contribution is 2.42. The van der Waals surface area contributed by atoms with E-state index in [1.54, 1.807) is 30.3 Å². The van der Waals surface area contributed by atoms with Gasteiger partial charge in [0.15, 0.2) is 11.5 Å². The zero-order chi connectivity index (χ0) is 27.7. The monoisotopic (exact) mass is 524 g/mol. The Morgan fingerprint density at radius 3 is 2.29 bits per heavy atom. The minimum atomic E-state index is -0.769. The largest absolute Gasteiger partial charge is 0.507 e. The second kappa shape index (κ2) is 13.9. The topological polar surface area (TPSA) is 88.5 Å². The van der Waals surface area contributed by atoms with Crippen molar-refractivity contribution in [2.75, 3.05) is 47.0 Å². The van der Waals surface area contributed by atoms with Crippen molar-refractivity contribution >= 4 is 17.4 Å². The lowest BCUT2D eigenvalue weighted by atomic mass is 9.95. The number of rotatable bonds is 14. The molecule has 38 heavy (non-hydrogen) atoms. The molecule has 2 aromatic rings. The summed E-state index contributed by atoms with van der Waals surface area (Å²) in [6.45, 7) is 8.47. The fourth-order valence-corrected chi connectivity index (χ4v) is 4.26. The maximum absolute atomic E-state index is 13.3. The van der Waals surface area contributed by atoms with E-state index in [2.05, 4.69) is 6.92 Å². The minimum absolute atomic E-state index is 0.0538. The summed E-state index contributed by atoms with van der Waals surface area (Å²) in [4.78, 5) is 30.0. The molecule has 1 heterocycles. The second-order valence-electron chi connectivity index (χ2n) is 9.51. The Bertz CT molecular complexity index is 1130. The van der Waals surface area contributed by atoms with Gasteiger partial charge in [-0.3, -0.25) is 9.59 Å². The Balaban J connectivity index is 2.08. The van der Waals surface area contributed by atoms with Gasteiger partial charge in [0.25, 0.3) is 11.7 Å². The molecule has 2 aromatic carbocycles. The summed E-state index contributed by atoms with van der Waals surface area (Å²) in [5.74, 6) is 0.255. The zero-order valence-electron chi connectivity index (χ0n) is 23.2. The first-order valence-electron chi connectivity index (χ1n) is 13.4. The van der Waals surface area contributed by atoms with Gasteiger partial charge in [-0.05, 0) is 75.8 Å². The van der Waals surface area contributed by atoms with Gasteiger partial charge in [-0.15, -0.1) is 0 Å². The number of ketones is 1. The lowest BCUT2D eigenvalue weighted by Crippen LogP contribution is -2.35. The molecule has 0 spiro atoms. The Hall–Kier alpha value is -3.52. The standard InChI is InChI=1S/C30H40N2O6/c1-6-9-19-38-24-15-12-22(20-25(24)36-8-3)27-26(29(34)30(35)32(27)17-16-31(4)5)28(33)21-10-13-23(14-11-21)37-18-7-2/h10-15,20,27,33H,6-9,16-19H2,1-5H3/b28-26+. The lowest BCUT2D eigenvalue weighted by Gasteiger charge is -2.27. The third-order valence-electron chi connectivity index (χ3n) is 6.27. The van der Waals surface area contributed by atoms with Gasteiger partial charge in [0.1, 0.15) is 11.5 Å². The van der Waals surface area contributed by atoms with Crippen LogP contribution < -0.4 is 14.2 Å². The SMILES string of the molecule is CCCCOc1ccc(C2/C(=C(\O)c3ccc(OCCC)cc3)C(=O)C(=O)N2CCN(C)C)cc1OCC. The Morgan fingerprint density at radius 1 is 0.921 bits per heavy atom. The summed E-state index contributed by atoms with van der Waals surface area (Å²) >= 11 is 0. The van der Waals surface area contributed by atoms with Crippen LogP contribution in [0.15, 0.2) is 48.0 Å². The van der Waals surface area contributed by atoms with Crippen molar-refractivity contribution in [2.24, 2.45) is 0 Å². The van der Waals surface area contributed by atoms with Gasteiger partial charge in [0.2, 0.25) is 0 Å². The van der Waals surface area contributed by atoms with Crippen LogP contribution in [0.25, 0.3) is 5.76 Å². The summed E-state index contributed by atoms with van der Waals surface area (Å²) in [5, 5.41) is 11.3. The summed E-state index contributed by atoms with van der Waals surface area (Å²) < 4.78 is 17.4. The van der Waals surface area contributed by atoms with Gasteiger partial charge in [-0.1, -0.05) is 26.3 Å². The van der Waals surface area contributed by atoms with E-state index < -0.39 is 17.7 Å². The van der Waals surface area contributed by atoms with Crippen molar-refractivity contribution in [3.05, 3.63) is 59.2 Å². The van der Waals surface area contributed by atoms with E-state index in [0.29, 0.717) is 61.3 Å². The molecule has 1 fully saturated rings. The number of likely N-dealkylation sites (tertiary alicyclic amines) is 1.